The molecule has 7 atom stereocenters. The Morgan fingerprint density at radius 1 is 0.461 bits per heavy atom. The molecule has 1 rings (SSSR count). The van der Waals surface area contributed by atoms with Gasteiger partial charge in [-0.15, -0.1) is 0 Å². The third-order valence-electron chi connectivity index (χ3n) is 12.5. The molecule has 0 saturated carbocycles. The first-order chi connectivity index (χ1) is 37.3. The van der Waals surface area contributed by atoms with Crippen molar-refractivity contribution in [3.63, 3.8) is 0 Å². The topological polar surface area (TPSA) is 149 Å². The van der Waals surface area contributed by atoms with E-state index in [9.17, 15) is 30.3 Å². The van der Waals surface area contributed by atoms with E-state index in [1.807, 2.05) is 6.08 Å². The molecule has 0 aromatic heterocycles. The van der Waals surface area contributed by atoms with Crippen LogP contribution in [-0.4, -0.2) is 87.5 Å². The van der Waals surface area contributed by atoms with Crippen molar-refractivity contribution in [2.45, 2.75) is 230 Å². The normalized spacial score (nSPS) is 20.1. The van der Waals surface area contributed by atoms with E-state index in [0.717, 1.165) is 116 Å². The summed E-state index contributed by atoms with van der Waals surface area (Å²) in [4.78, 5) is 13.0. The van der Waals surface area contributed by atoms with Crippen LogP contribution in [0.4, 0.5) is 0 Å². The lowest BCUT2D eigenvalue weighted by molar-refractivity contribution is -0.302. The minimum atomic E-state index is -1.59. The number of ether oxygens (including phenoxy) is 2. The van der Waals surface area contributed by atoms with Crippen molar-refractivity contribution in [3.05, 3.63) is 170 Å². The van der Waals surface area contributed by atoms with Gasteiger partial charge in [0, 0.05) is 6.42 Å². The Balaban J connectivity index is 2.27. The van der Waals surface area contributed by atoms with Gasteiger partial charge in [0.05, 0.1) is 25.4 Å². The third kappa shape index (κ3) is 42.6. The second-order valence-electron chi connectivity index (χ2n) is 19.3. The highest BCUT2D eigenvalue weighted by molar-refractivity contribution is 5.76. The number of amides is 1. The zero-order valence-corrected chi connectivity index (χ0v) is 47.2. The molecule has 6 N–H and O–H groups in total. The van der Waals surface area contributed by atoms with Gasteiger partial charge >= 0.3 is 0 Å². The van der Waals surface area contributed by atoms with Crippen LogP contribution in [0.15, 0.2) is 170 Å². The van der Waals surface area contributed by atoms with Crippen molar-refractivity contribution in [1.82, 2.24) is 5.32 Å². The monoisotopic (exact) mass is 1050 g/mol. The summed E-state index contributed by atoms with van der Waals surface area (Å²) < 4.78 is 11.2. The number of unbranched alkanes of at least 4 members (excludes halogenated alkanes) is 11. The van der Waals surface area contributed by atoms with Gasteiger partial charge in [0.15, 0.2) is 6.29 Å². The van der Waals surface area contributed by atoms with E-state index in [0.29, 0.717) is 12.8 Å². The maximum Gasteiger partial charge on any atom is 0.220 e. The van der Waals surface area contributed by atoms with E-state index in [1.165, 1.54) is 38.5 Å². The molecule has 0 aliphatic carbocycles. The van der Waals surface area contributed by atoms with Gasteiger partial charge in [-0.2, -0.15) is 0 Å². The number of aliphatic hydroxyl groups excluding tert-OH is 5. The van der Waals surface area contributed by atoms with Gasteiger partial charge in [-0.25, -0.2) is 0 Å². The van der Waals surface area contributed by atoms with Crippen LogP contribution in [0, 0.1) is 0 Å². The number of rotatable bonds is 47. The lowest BCUT2D eigenvalue weighted by Gasteiger charge is -2.40. The summed E-state index contributed by atoms with van der Waals surface area (Å²) in [6.07, 6.45) is 79.9. The maximum atomic E-state index is 13.0. The van der Waals surface area contributed by atoms with Crippen LogP contribution in [0.25, 0.3) is 0 Å². The van der Waals surface area contributed by atoms with E-state index in [2.05, 4.69) is 177 Å². The number of allylic oxidation sites excluding steroid dienone is 27. The quantitative estimate of drug-likeness (QED) is 0.0261. The summed E-state index contributed by atoms with van der Waals surface area (Å²) in [7, 11) is 0. The molecule has 1 aliphatic heterocycles. The molecule has 0 aromatic carbocycles. The Hall–Kier alpha value is -4.45. The van der Waals surface area contributed by atoms with E-state index in [4.69, 9.17) is 9.47 Å². The zero-order valence-electron chi connectivity index (χ0n) is 47.2. The average Bonchev–Trinajstić information content (AvgIpc) is 3.42. The first kappa shape index (κ1) is 69.6. The summed E-state index contributed by atoms with van der Waals surface area (Å²) >= 11 is 0. The van der Waals surface area contributed by atoms with E-state index in [-0.39, 0.29) is 18.9 Å². The van der Waals surface area contributed by atoms with Crippen molar-refractivity contribution in [3.8, 4) is 0 Å². The molecule has 7 unspecified atom stereocenters. The molecule has 0 bridgehead atoms. The highest BCUT2D eigenvalue weighted by Crippen LogP contribution is 2.22. The molecule has 76 heavy (non-hydrogen) atoms. The molecule has 9 heteroatoms. The van der Waals surface area contributed by atoms with Gasteiger partial charge in [0.1, 0.15) is 24.4 Å². The van der Waals surface area contributed by atoms with Crippen LogP contribution in [0.3, 0.4) is 0 Å². The van der Waals surface area contributed by atoms with Crippen LogP contribution in [0.5, 0.6) is 0 Å². The highest BCUT2D eigenvalue weighted by Gasteiger charge is 2.44. The smallest absolute Gasteiger partial charge is 0.220 e. The molecule has 1 amide bonds. The second kappa shape index (κ2) is 53.9. The van der Waals surface area contributed by atoms with Crippen LogP contribution in [0.1, 0.15) is 187 Å². The molecule has 1 saturated heterocycles. The molecule has 0 spiro atoms. The SMILES string of the molecule is CC/C=C\C/C=C\C/C=C\C/C=C\C/C=C\C/C=C\C/C=C\C/C=C\C/C=C\C/C=C\C/C=C\CCCCCC(=O)NC(COC1OC(CO)C(O)C(O)C1O)C(O)/C=C/CC/C=C/CC/C=C/CCCCCCCC. The van der Waals surface area contributed by atoms with Gasteiger partial charge in [0.25, 0.3) is 0 Å². The lowest BCUT2D eigenvalue weighted by Crippen LogP contribution is -2.60. The maximum absolute atomic E-state index is 13.0. The van der Waals surface area contributed by atoms with E-state index in [1.54, 1.807) is 6.08 Å². The molecule has 1 fully saturated rings. The van der Waals surface area contributed by atoms with Crippen molar-refractivity contribution in [1.29, 1.82) is 0 Å². The average molecular weight is 1050 g/mol. The van der Waals surface area contributed by atoms with E-state index >= 15 is 0 Å². The predicted octanol–water partition coefficient (Wildman–Crippen LogP) is 15.0. The molecule has 9 nitrogen and oxygen atoms in total. The minimum absolute atomic E-state index is 0.231. The summed E-state index contributed by atoms with van der Waals surface area (Å²) in [5.41, 5.74) is 0. The largest absolute Gasteiger partial charge is 0.394 e. The molecular weight excluding hydrogens is 947 g/mol. The molecule has 426 valence electrons. The lowest BCUT2D eigenvalue weighted by atomic mass is 9.99. The van der Waals surface area contributed by atoms with Crippen LogP contribution < -0.4 is 5.32 Å². The Labute approximate surface area is 462 Å². The fraction of sp³-hybridized carbons (Fsp3) is 0.567. The van der Waals surface area contributed by atoms with Crippen molar-refractivity contribution in [2.24, 2.45) is 0 Å². The highest BCUT2D eigenvalue weighted by atomic mass is 16.7. The summed E-state index contributed by atoms with van der Waals surface area (Å²) in [5, 5.41) is 54.4. The molecular formula is C67H105NO8. The number of nitrogens with one attached hydrogen (secondary N) is 1. The Morgan fingerprint density at radius 2 is 0.829 bits per heavy atom. The standard InChI is InChI=1S/C67H105NO8/c1-3-5-7-9-11-13-15-17-19-21-22-23-24-25-26-27-28-29-30-31-32-33-34-35-36-37-38-39-40-41-43-45-47-49-51-53-55-57-63(71)68-60(59-75-67-66(74)65(73)64(72)62(58-69)76-67)61(70)56-54-52-50-48-46-44-42-20-18-16-14-12-10-8-6-4-2/h5,7,11,13,17-20,22-23,25-26,28-29,31-32,34-35,37-38,40-41,45-48,54,56,60-62,64-67,69-70,72-74H,3-4,6,8-10,12,14-16,21,24,27,30,33,36,39,42-44,49-53,55,57-59H2,1-2H3,(H,68,71)/b7-5-,13-11-,19-17-,20-18+,23-22-,26-25-,29-28-,32-31-,35-34-,38-37-,41-40-,47-45-,48-46+,56-54+. The number of hydrogen-bond donors (Lipinski definition) is 6. The third-order valence-corrected chi connectivity index (χ3v) is 12.5. The van der Waals surface area contributed by atoms with Crippen molar-refractivity contribution >= 4 is 5.91 Å². The van der Waals surface area contributed by atoms with Crippen LogP contribution >= 0.6 is 0 Å². The Kier molecular flexibility index (Phi) is 49.4. The van der Waals surface area contributed by atoms with Gasteiger partial charge in [-0.1, -0.05) is 223 Å². The van der Waals surface area contributed by atoms with Gasteiger partial charge in [-0.05, 0) is 128 Å². The summed E-state index contributed by atoms with van der Waals surface area (Å²) in [6, 6.07) is -0.859. The Morgan fingerprint density at radius 3 is 1.26 bits per heavy atom. The van der Waals surface area contributed by atoms with Crippen molar-refractivity contribution in [2.75, 3.05) is 13.2 Å². The number of aliphatic hydroxyl groups is 5. The van der Waals surface area contributed by atoms with Crippen molar-refractivity contribution < 1.29 is 39.8 Å². The Bertz CT molecular complexity index is 1790. The predicted molar refractivity (Wildman–Crippen MR) is 322 cm³/mol. The summed E-state index contributed by atoms with van der Waals surface area (Å²) in [6.45, 7) is 3.59. The number of carbonyl (C=O) groups is 1. The van der Waals surface area contributed by atoms with Gasteiger partial charge in [-0.3, -0.25) is 4.79 Å². The van der Waals surface area contributed by atoms with Gasteiger partial charge < -0.3 is 40.3 Å². The fourth-order valence-electron chi connectivity index (χ4n) is 7.90. The number of carbonyl (C=O) groups excluding carboxylic acids is 1. The molecule has 1 aliphatic rings. The molecule has 1 heterocycles. The van der Waals surface area contributed by atoms with Gasteiger partial charge in [0.2, 0.25) is 5.91 Å². The molecule has 0 radical (unpaired) electrons. The fourth-order valence-corrected chi connectivity index (χ4v) is 7.90. The minimum Gasteiger partial charge on any atom is -0.394 e. The molecule has 0 aromatic rings. The first-order valence-electron chi connectivity index (χ1n) is 29.4. The van der Waals surface area contributed by atoms with Crippen LogP contribution in [-0.2, 0) is 14.3 Å². The number of hydrogen-bond acceptors (Lipinski definition) is 8. The van der Waals surface area contributed by atoms with E-state index < -0.39 is 49.5 Å². The van der Waals surface area contributed by atoms with Crippen LogP contribution in [0.2, 0.25) is 0 Å². The zero-order chi connectivity index (χ0) is 55.0. The summed E-state index contributed by atoms with van der Waals surface area (Å²) in [5.74, 6) is -0.231. The first-order valence-corrected chi connectivity index (χ1v) is 29.4. The second-order valence-corrected chi connectivity index (χ2v) is 19.3.